The minimum absolute atomic E-state index is 0.316. The smallest absolute Gasteiger partial charge is 0.0858 e. The van der Waals surface area contributed by atoms with E-state index in [2.05, 4.69) is 49.6 Å². The topological polar surface area (TPSA) is 44.3 Å². The normalized spacial score (nSPS) is 28.5. The fourth-order valence-corrected chi connectivity index (χ4v) is 4.23. The summed E-state index contributed by atoms with van der Waals surface area (Å²) in [5.74, 6) is 1.07. The van der Waals surface area contributed by atoms with Gasteiger partial charge in [0.25, 0.3) is 0 Å². The maximum atomic E-state index is 10.8. The fraction of sp³-hybridized carbons (Fsp3) is 0.684. The standard InChI is InChI=1S/C19H30N2O/c1-12(2)10-13(3)20-14-8-9-18-16(11-14)19(22)15-6-4-5-7-17(15)21-18/h8-9,11-13,15,17,19-22H,4-7,10H2,1-3H3. The number of nitrogens with one attached hydrogen (secondary N) is 2. The van der Waals surface area contributed by atoms with E-state index in [1.165, 1.54) is 19.3 Å². The fourth-order valence-electron chi connectivity index (χ4n) is 4.23. The summed E-state index contributed by atoms with van der Waals surface area (Å²) in [6.07, 6.45) is 5.69. The molecule has 3 heteroatoms. The van der Waals surface area contributed by atoms with Gasteiger partial charge in [-0.3, -0.25) is 0 Å². The molecule has 0 saturated heterocycles. The predicted molar refractivity (Wildman–Crippen MR) is 93.3 cm³/mol. The quantitative estimate of drug-likeness (QED) is 0.764. The third-order valence-corrected chi connectivity index (χ3v) is 5.17. The summed E-state index contributed by atoms with van der Waals surface area (Å²) in [5.41, 5.74) is 3.32. The minimum Gasteiger partial charge on any atom is -0.388 e. The van der Waals surface area contributed by atoms with Crippen molar-refractivity contribution >= 4 is 11.4 Å². The molecule has 122 valence electrons. The first-order chi connectivity index (χ1) is 10.5. The van der Waals surface area contributed by atoms with Gasteiger partial charge in [0, 0.05) is 34.9 Å². The molecular formula is C19H30N2O. The van der Waals surface area contributed by atoms with Crippen LogP contribution in [-0.4, -0.2) is 17.2 Å². The number of aliphatic hydroxyl groups is 1. The van der Waals surface area contributed by atoms with E-state index in [4.69, 9.17) is 0 Å². The second kappa shape index (κ2) is 6.49. The molecule has 1 heterocycles. The van der Waals surface area contributed by atoms with E-state index in [-0.39, 0.29) is 6.10 Å². The first kappa shape index (κ1) is 15.7. The van der Waals surface area contributed by atoms with Gasteiger partial charge >= 0.3 is 0 Å². The zero-order valence-corrected chi connectivity index (χ0v) is 14.1. The van der Waals surface area contributed by atoms with Gasteiger partial charge in [-0.1, -0.05) is 26.7 Å². The molecule has 0 amide bonds. The average molecular weight is 302 g/mol. The molecule has 0 spiro atoms. The van der Waals surface area contributed by atoms with Crippen molar-refractivity contribution in [3.63, 3.8) is 0 Å². The molecule has 1 aromatic carbocycles. The van der Waals surface area contributed by atoms with Gasteiger partial charge in [0.05, 0.1) is 6.10 Å². The Morgan fingerprint density at radius 3 is 2.77 bits per heavy atom. The number of rotatable bonds is 4. The Balaban J connectivity index is 1.77. The molecule has 0 aromatic heterocycles. The van der Waals surface area contributed by atoms with E-state index in [9.17, 15) is 5.11 Å². The highest BCUT2D eigenvalue weighted by Crippen LogP contribution is 2.43. The Bertz CT molecular complexity index is 514. The Labute approximate surface area is 134 Å². The number of benzene rings is 1. The van der Waals surface area contributed by atoms with E-state index in [1.807, 2.05) is 0 Å². The minimum atomic E-state index is -0.316. The largest absolute Gasteiger partial charge is 0.388 e. The van der Waals surface area contributed by atoms with Crippen LogP contribution in [0.5, 0.6) is 0 Å². The van der Waals surface area contributed by atoms with Gasteiger partial charge in [-0.05, 0) is 50.3 Å². The maximum Gasteiger partial charge on any atom is 0.0858 e. The van der Waals surface area contributed by atoms with Gasteiger partial charge < -0.3 is 15.7 Å². The van der Waals surface area contributed by atoms with E-state index in [0.29, 0.717) is 23.9 Å². The SMILES string of the molecule is CC(C)CC(C)Nc1ccc2c(c1)C(O)C1CCCCC1N2. The Hall–Kier alpha value is -1.22. The lowest BCUT2D eigenvalue weighted by atomic mass is 9.76. The molecule has 3 N–H and O–H groups in total. The summed E-state index contributed by atoms with van der Waals surface area (Å²) in [6.45, 7) is 6.73. The molecule has 0 bridgehead atoms. The summed E-state index contributed by atoms with van der Waals surface area (Å²) in [5, 5.41) is 18.0. The Morgan fingerprint density at radius 1 is 1.23 bits per heavy atom. The molecule has 0 radical (unpaired) electrons. The highest BCUT2D eigenvalue weighted by atomic mass is 16.3. The van der Waals surface area contributed by atoms with Crippen LogP contribution in [0.2, 0.25) is 0 Å². The van der Waals surface area contributed by atoms with Crippen molar-refractivity contribution in [2.45, 2.75) is 71.1 Å². The van der Waals surface area contributed by atoms with Crippen molar-refractivity contribution in [3.05, 3.63) is 23.8 Å². The molecule has 2 aliphatic rings. The van der Waals surface area contributed by atoms with Crippen LogP contribution in [0.25, 0.3) is 0 Å². The third kappa shape index (κ3) is 3.24. The zero-order chi connectivity index (χ0) is 15.7. The molecule has 3 nitrogen and oxygen atoms in total. The molecule has 3 rings (SSSR count). The lowest BCUT2D eigenvalue weighted by Gasteiger charge is -2.41. The predicted octanol–water partition coefficient (Wildman–Crippen LogP) is 4.55. The van der Waals surface area contributed by atoms with Crippen LogP contribution in [0.4, 0.5) is 11.4 Å². The highest BCUT2D eigenvalue weighted by Gasteiger charge is 2.36. The lowest BCUT2D eigenvalue weighted by molar-refractivity contribution is 0.0713. The van der Waals surface area contributed by atoms with Gasteiger partial charge in [-0.2, -0.15) is 0 Å². The molecule has 1 aliphatic heterocycles. The number of aliphatic hydroxyl groups excluding tert-OH is 1. The Kier molecular flexibility index (Phi) is 4.62. The van der Waals surface area contributed by atoms with Crippen molar-refractivity contribution in [1.29, 1.82) is 0 Å². The molecule has 1 aliphatic carbocycles. The van der Waals surface area contributed by atoms with E-state index < -0.39 is 0 Å². The van der Waals surface area contributed by atoms with E-state index in [1.54, 1.807) is 0 Å². The van der Waals surface area contributed by atoms with Crippen LogP contribution in [0.1, 0.15) is 64.5 Å². The molecule has 4 unspecified atom stereocenters. The number of hydrogen-bond acceptors (Lipinski definition) is 3. The molecule has 4 atom stereocenters. The summed E-state index contributed by atoms with van der Waals surface area (Å²) in [7, 11) is 0. The second-order valence-corrected chi connectivity index (χ2v) is 7.62. The van der Waals surface area contributed by atoms with Crippen LogP contribution in [0, 0.1) is 11.8 Å². The molecule has 22 heavy (non-hydrogen) atoms. The van der Waals surface area contributed by atoms with Crippen LogP contribution in [0.3, 0.4) is 0 Å². The maximum absolute atomic E-state index is 10.8. The van der Waals surface area contributed by atoms with Crippen LogP contribution >= 0.6 is 0 Å². The number of anilines is 2. The van der Waals surface area contributed by atoms with Crippen molar-refractivity contribution in [3.8, 4) is 0 Å². The van der Waals surface area contributed by atoms with Gasteiger partial charge in [-0.25, -0.2) is 0 Å². The van der Waals surface area contributed by atoms with Gasteiger partial charge in [-0.15, -0.1) is 0 Å². The van der Waals surface area contributed by atoms with E-state index >= 15 is 0 Å². The molecule has 1 fully saturated rings. The Morgan fingerprint density at radius 2 is 2.00 bits per heavy atom. The first-order valence-electron chi connectivity index (χ1n) is 8.89. The number of fused-ring (bicyclic) bond motifs is 2. The van der Waals surface area contributed by atoms with E-state index in [0.717, 1.165) is 29.8 Å². The molecular weight excluding hydrogens is 272 g/mol. The summed E-state index contributed by atoms with van der Waals surface area (Å²) >= 11 is 0. The first-order valence-corrected chi connectivity index (χ1v) is 8.89. The summed E-state index contributed by atoms with van der Waals surface area (Å²) in [4.78, 5) is 0. The van der Waals surface area contributed by atoms with Crippen molar-refractivity contribution in [2.24, 2.45) is 11.8 Å². The highest BCUT2D eigenvalue weighted by molar-refractivity contribution is 5.63. The van der Waals surface area contributed by atoms with Crippen LogP contribution in [0.15, 0.2) is 18.2 Å². The van der Waals surface area contributed by atoms with Gasteiger partial charge in [0.2, 0.25) is 0 Å². The zero-order valence-electron chi connectivity index (χ0n) is 14.1. The lowest BCUT2D eigenvalue weighted by Crippen LogP contribution is -2.40. The van der Waals surface area contributed by atoms with Gasteiger partial charge in [0.15, 0.2) is 0 Å². The van der Waals surface area contributed by atoms with Crippen molar-refractivity contribution < 1.29 is 5.11 Å². The molecule has 1 saturated carbocycles. The monoisotopic (exact) mass is 302 g/mol. The third-order valence-electron chi connectivity index (χ3n) is 5.17. The average Bonchev–Trinajstić information content (AvgIpc) is 2.47. The molecule has 1 aromatic rings. The number of hydrogen-bond donors (Lipinski definition) is 3. The van der Waals surface area contributed by atoms with Gasteiger partial charge in [0.1, 0.15) is 0 Å². The summed E-state index contributed by atoms with van der Waals surface area (Å²) in [6, 6.07) is 7.32. The summed E-state index contributed by atoms with van der Waals surface area (Å²) < 4.78 is 0. The second-order valence-electron chi connectivity index (χ2n) is 7.62. The van der Waals surface area contributed by atoms with Crippen LogP contribution < -0.4 is 10.6 Å². The van der Waals surface area contributed by atoms with Crippen molar-refractivity contribution in [2.75, 3.05) is 10.6 Å². The van der Waals surface area contributed by atoms with Crippen molar-refractivity contribution in [1.82, 2.24) is 0 Å². The van der Waals surface area contributed by atoms with Crippen LogP contribution in [-0.2, 0) is 0 Å².